The van der Waals surface area contributed by atoms with Crippen molar-refractivity contribution in [2.24, 2.45) is 16.3 Å². The van der Waals surface area contributed by atoms with Gasteiger partial charge in [0, 0.05) is 17.2 Å². The fourth-order valence-electron chi connectivity index (χ4n) is 1.73. The van der Waals surface area contributed by atoms with E-state index in [9.17, 15) is 0 Å². The third-order valence-corrected chi connectivity index (χ3v) is 3.03. The molecular formula is C10H19N. The molecule has 0 radical (unpaired) electrons. The SMILES string of the molecule is CC1=NC(C)C(C)CC1(C)C. The van der Waals surface area contributed by atoms with Crippen molar-refractivity contribution in [2.45, 2.75) is 47.1 Å². The third kappa shape index (κ3) is 1.63. The highest BCUT2D eigenvalue weighted by Crippen LogP contribution is 2.34. The average molecular weight is 153 g/mol. The zero-order chi connectivity index (χ0) is 8.65. The normalized spacial score (nSPS) is 36.6. The van der Waals surface area contributed by atoms with Crippen LogP contribution in [-0.4, -0.2) is 11.8 Å². The number of rotatable bonds is 0. The lowest BCUT2D eigenvalue weighted by molar-refractivity contribution is 0.312. The second-order valence-electron chi connectivity index (χ2n) is 4.52. The topological polar surface area (TPSA) is 12.4 Å². The quantitative estimate of drug-likeness (QED) is 0.507. The lowest BCUT2D eigenvalue weighted by Gasteiger charge is -2.35. The minimum absolute atomic E-state index is 0.339. The van der Waals surface area contributed by atoms with Gasteiger partial charge < -0.3 is 0 Å². The first-order chi connectivity index (χ1) is 4.93. The van der Waals surface area contributed by atoms with E-state index in [-0.39, 0.29) is 0 Å². The van der Waals surface area contributed by atoms with E-state index in [1.807, 2.05) is 0 Å². The van der Waals surface area contributed by atoms with Crippen LogP contribution < -0.4 is 0 Å². The van der Waals surface area contributed by atoms with Crippen molar-refractivity contribution in [3.8, 4) is 0 Å². The summed E-state index contributed by atoms with van der Waals surface area (Å²) in [5, 5.41) is 0. The van der Waals surface area contributed by atoms with E-state index in [0.29, 0.717) is 11.5 Å². The van der Waals surface area contributed by atoms with Crippen molar-refractivity contribution in [1.29, 1.82) is 0 Å². The maximum absolute atomic E-state index is 4.63. The fraction of sp³-hybridized carbons (Fsp3) is 0.900. The monoisotopic (exact) mass is 153 g/mol. The molecule has 0 spiro atoms. The first-order valence-corrected chi connectivity index (χ1v) is 4.48. The average Bonchev–Trinajstić information content (AvgIpc) is 1.83. The second kappa shape index (κ2) is 2.62. The smallest absolute Gasteiger partial charge is 0.0496 e. The zero-order valence-electron chi connectivity index (χ0n) is 8.31. The molecule has 0 aromatic carbocycles. The predicted molar refractivity (Wildman–Crippen MR) is 50.1 cm³/mol. The first kappa shape index (κ1) is 8.76. The van der Waals surface area contributed by atoms with Crippen LogP contribution in [0.5, 0.6) is 0 Å². The minimum Gasteiger partial charge on any atom is -0.291 e. The van der Waals surface area contributed by atoms with Crippen molar-refractivity contribution in [2.75, 3.05) is 0 Å². The molecule has 0 amide bonds. The minimum atomic E-state index is 0.339. The highest BCUT2D eigenvalue weighted by Gasteiger charge is 2.31. The summed E-state index contributed by atoms with van der Waals surface area (Å²) >= 11 is 0. The second-order valence-corrected chi connectivity index (χ2v) is 4.52. The fourth-order valence-corrected chi connectivity index (χ4v) is 1.73. The van der Waals surface area contributed by atoms with Gasteiger partial charge in [-0.05, 0) is 26.2 Å². The van der Waals surface area contributed by atoms with Crippen molar-refractivity contribution >= 4 is 5.71 Å². The number of hydrogen-bond acceptors (Lipinski definition) is 1. The van der Waals surface area contributed by atoms with Crippen molar-refractivity contribution in [1.82, 2.24) is 0 Å². The molecule has 0 bridgehead atoms. The van der Waals surface area contributed by atoms with E-state index in [4.69, 9.17) is 0 Å². The van der Waals surface area contributed by atoms with Crippen molar-refractivity contribution in [3.05, 3.63) is 0 Å². The molecule has 0 aromatic rings. The summed E-state index contributed by atoms with van der Waals surface area (Å²) in [6.07, 6.45) is 1.28. The van der Waals surface area contributed by atoms with Crippen LogP contribution in [0.25, 0.3) is 0 Å². The largest absolute Gasteiger partial charge is 0.291 e. The molecule has 1 aliphatic rings. The summed E-state index contributed by atoms with van der Waals surface area (Å²) in [6, 6.07) is 0.531. The van der Waals surface area contributed by atoms with Crippen LogP contribution >= 0.6 is 0 Å². The molecule has 1 heterocycles. The number of aliphatic imine (C=N–C) groups is 1. The molecular weight excluding hydrogens is 134 g/mol. The summed E-state index contributed by atoms with van der Waals surface area (Å²) in [7, 11) is 0. The van der Waals surface area contributed by atoms with Gasteiger partial charge in [0.25, 0.3) is 0 Å². The first-order valence-electron chi connectivity index (χ1n) is 4.48. The third-order valence-electron chi connectivity index (χ3n) is 3.03. The van der Waals surface area contributed by atoms with Gasteiger partial charge in [0.1, 0.15) is 0 Å². The molecule has 0 aromatic heterocycles. The van der Waals surface area contributed by atoms with E-state index in [0.717, 1.165) is 5.92 Å². The zero-order valence-corrected chi connectivity index (χ0v) is 8.31. The van der Waals surface area contributed by atoms with Crippen molar-refractivity contribution < 1.29 is 0 Å². The van der Waals surface area contributed by atoms with Gasteiger partial charge in [-0.1, -0.05) is 20.8 Å². The lowest BCUT2D eigenvalue weighted by Crippen LogP contribution is -2.33. The van der Waals surface area contributed by atoms with Gasteiger partial charge in [0.15, 0.2) is 0 Å². The van der Waals surface area contributed by atoms with Crippen LogP contribution in [0.15, 0.2) is 4.99 Å². The van der Waals surface area contributed by atoms with Gasteiger partial charge in [0.05, 0.1) is 0 Å². The van der Waals surface area contributed by atoms with E-state index in [1.165, 1.54) is 12.1 Å². The van der Waals surface area contributed by atoms with Crippen LogP contribution in [0, 0.1) is 11.3 Å². The summed E-state index contributed by atoms with van der Waals surface area (Å²) in [5.74, 6) is 0.744. The molecule has 1 aliphatic heterocycles. The molecule has 0 saturated carbocycles. The Bertz CT molecular complexity index is 179. The highest BCUT2D eigenvalue weighted by atomic mass is 14.8. The Morgan fingerprint density at radius 1 is 1.36 bits per heavy atom. The molecule has 0 fully saturated rings. The Morgan fingerprint density at radius 2 is 1.91 bits per heavy atom. The van der Waals surface area contributed by atoms with E-state index in [1.54, 1.807) is 0 Å². The predicted octanol–water partition coefficient (Wildman–Crippen LogP) is 2.90. The Morgan fingerprint density at radius 3 is 2.36 bits per heavy atom. The Kier molecular flexibility index (Phi) is 2.08. The van der Waals surface area contributed by atoms with E-state index < -0.39 is 0 Å². The van der Waals surface area contributed by atoms with Gasteiger partial charge >= 0.3 is 0 Å². The Balaban J connectivity index is 2.86. The lowest BCUT2D eigenvalue weighted by atomic mass is 9.75. The van der Waals surface area contributed by atoms with Crippen LogP contribution in [0.1, 0.15) is 41.0 Å². The standard InChI is InChI=1S/C10H19N/c1-7-6-10(4,5)9(3)11-8(7)2/h7-8H,6H2,1-5H3. The maximum Gasteiger partial charge on any atom is 0.0496 e. The Hall–Kier alpha value is -0.330. The molecule has 64 valence electrons. The molecule has 2 unspecified atom stereocenters. The van der Waals surface area contributed by atoms with Gasteiger partial charge in [-0.25, -0.2) is 0 Å². The summed E-state index contributed by atoms with van der Waals surface area (Å²) in [4.78, 5) is 4.63. The molecule has 1 heteroatoms. The maximum atomic E-state index is 4.63. The van der Waals surface area contributed by atoms with Crippen LogP contribution in [0.4, 0.5) is 0 Å². The van der Waals surface area contributed by atoms with Gasteiger partial charge in [0.2, 0.25) is 0 Å². The summed E-state index contributed by atoms with van der Waals surface area (Å²) in [6.45, 7) is 11.2. The number of nitrogens with zero attached hydrogens (tertiary/aromatic N) is 1. The number of hydrogen-bond donors (Lipinski definition) is 0. The molecule has 0 aliphatic carbocycles. The van der Waals surface area contributed by atoms with Gasteiger partial charge in [-0.3, -0.25) is 4.99 Å². The molecule has 1 nitrogen and oxygen atoms in total. The molecule has 11 heavy (non-hydrogen) atoms. The van der Waals surface area contributed by atoms with Gasteiger partial charge in [-0.15, -0.1) is 0 Å². The van der Waals surface area contributed by atoms with Gasteiger partial charge in [-0.2, -0.15) is 0 Å². The van der Waals surface area contributed by atoms with Crippen LogP contribution in [0.3, 0.4) is 0 Å². The molecule has 2 atom stereocenters. The summed E-state index contributed by atoms with van der Waals surface area (Å²) in [5.41, 5.74) is 1.66. The summed E-state index contributed by atoms with van der Waals surface area (Å²) < 4.78 is 0. The van der Waals surface area contributed by atoms with Crippen LogP contribution in [-0.2, 0) is 0 Å². The molecule has 0 N–H and O–H groups in total. The Labute approximate surface area is 69.9 Å². The van der Waals surface area contributed by atoms with Crippen molar-refractivity contribution in [3.63, 3.8) is 0 Å². The van der Waals surface area contributed by atoms with E-state index >= 15 is 0 Å². The van der Waals surface area contributed by atoms with Crippen LogP contribution in [0.2, 0.25) is 0 Å². The highest BCUT2D eigenvalue weighted by molar-refractivity contribution is 5.88. The van der Waals surface area contributed by atoms with E-state index in [2.05, 4.69) is 39.6 Å². The molecule has 0 saturated heterocycles. The molecule has 1 rings (SSSR count).